The number of hydrogen-bond donors (Lipinski definition) is 0. The van der Waals surface area contributed by atoms with Gasteiger partial charge in [-0.3, -0.25) is 0 Å². The average Bonchev–Trinajstić information content (AvgIpc) is 2.05. The topological polar surface area (TPSA) is 23.3 Å². The molecule has 55 valence electrons. The minimum absolute atomic E-state index is 0.725. The van der Waals surface area contributed by atoms with Crippen LogP contribution in [0.5, 0.6) is 0 Å². The van der Waals surface area contributed by atoms with Crippen molar-refractivity contribution in [2.24, 2.45) is 5.92 Å². The van der Waals surface area contributed by atoms with Gasteiger partial charge in [0.05, 0.1) is 6.54 Å². The maximum absolute atomic E-state index is 4.90. The third kappa shape index (κ3) is 1.03. The molecule has 1 radical (unpaired) electrons. The van der Waals surface area contributed by atoms with Crippen molar-refractivity contribution in [1.82, 2.24) is 5.48 Å². The maximum atomic E-state index is 4.90. The lowest BCUT2D eigenvalue weighted by Gasteiger charge is -2.26. The first-order valence-electron chi connectivity index (χ1n) is 3.98. The van der Waals surface area contributed by atoms with Gasteiger partial charge >= 0.3 is 0 Å². The van der Waals surface area contributed by atoms with E-state index >= 15 is 0 Å². The Kier molecular flexibility index (Phi) is 1.63. The molecule has 1 aliphatic carbocycles. The summed E-state index contributed by atoms with van der Waals surface area (Å²) in [5, 5.41) is 0. The monoisotopic (exact) mass is 138 g/mol. The molecule has 2 aliphatic rings. The van der Waals surface area contributed by atoms with E-state index in [0.29, 0.717) is 0 Å². The van der Waals surface area contributed by atoms with Crippen LogP contribution >= 0.6 is 0 Å². The molecule has 0 bridgehead atoms. The van der Waals surface area contributed by atoms with Gasteiger partial charge in [-0.2, -0.15) is 0 Å². The second-order valence-corrected chi connectivity index (χ2v) is 3.05. The molecule has 0 aromatic heterocycles. The summed E-state index contributed by atoms with van der Waals surface area (Å²) in [7, 11) is 0. The second-order valence-electron chi connectivity index (χ2n) is 3.05. The van der Waals surface area contributed by atoms with Crippen LogP contribution < -0.4 is 5.48 Å². The Morgan fingerprint density at radius 3 is 3.40 bits per heavy atom. The molecule has 1 fully saturated rings. The van der Waals surface area contributed by atoms with E-state index in [2.05, 4.69) is 5.48 Å². The lowest BCUT2D eigenvalue weighted by atomic mass is 9.85. The molecule has 1 heterocycles. The lowest BCUT2D eigenvalue weighted by Crippen LogP contribution is -2.25. The molecular formula is C8H12NO. The first-order valence-corrected chi connectivity index (χ1v) is 3.98. The molecule has 2 rings (SSSR count). The molecule has 0 N–H and O–H groups in total. The predicted molar refractivity (Wildman–Crippen MR) is 38.1 cm³/mol. The Balaban J connectivity index is 2.08. The second kappa shape index (κ2) is 2.62. The Labute approximate surface area is 61.2 Å². The quantitative estimate of drug-likeness (QED) is 0.498. The molecule has 0 aromatic rings. The van der Waals surface area contributed by atoms with Crippen molar-refractivity contribution in [2.45, 2.75) is 25.7 Å². The van der Waals surface area contributed by atoms with Crippen molar-refractivity contribution < 1.29 is 4.84 Å². The van der Waals surface area contributed by atoms with E-state index in [9.17, 15) is 0 Å². The molecule has 10 heavy (non-hydrogen) atoms. The molecule has 0 aromatic carbocycles. The average molecular weight is 138 g/mol. The number of fused-ring (bicyclic) bond motifs is 1. The number of hydrogen-bond acceptors (Lipinski definition) is 1. The van der Waals surface area contributed by atoms with Gasteiger partial charge in [-0.1, -0.05) is 6.42 Å². The van der Waals surface area contributed by atoms with Crippen LogP contribution in [0.1, 0.15) is 25.7 Å². The van der Waals surface area contributed by atoms with E-state index in [-0.39, 0.29) is 0 Å². The van der Waals surface area contributed by atoms with E-state index in [4.69, 9.17) is 4.84 Å². The van der Waals surface area contributed by atoms with E-state index < -0.39 is 0 Å². The maximum Gasteiger partial charge on any atom is 0.113 e. The first-order chi connectivity index (χ1) is 4.97. The van der Waals surface area contributed by atoms with E-state index in [1.54, 1.807) is 0 Å². The van der Waals surface area contributed by atoms with Gasteiger partial charge in [0.1, 0.15) is 6.26 Å². The highest BCUT2D eigenvalue weighted by atomic mass is 16.6. The zero-order valence-corrected chi connectivity index (χ0v) is 6.05. The molecule has 2 heteroatoms. The molecule has 1 aliphatic heterocycles. The van der Waals surface area contributed by atoms with Gasteiger partial charge in [-0.25, -0.2) is 0 Å². The molecule has 1 unspecified atom stereocenters. The van der Waals surface area contributed by atoms with Crippen molar-refractivity contribution in [1.29, 1.82) is 0 Å². The largest absolute Gasteiger partial charge is 0.396 e. The van der Waals surface area contributed by atoms with Crippen molar-refractivity contribution in [3.8, 4) is 0 Å². The molecule has 0 amide bonds. The van der Waals surface area contributed by atoms with Crippen LogP contribution in [0.2, 0.25) is 0 Å². The SMILES string of the molecule is C1=C2CCCCC2C[N]O1. The Hall–Kier alpha value is -0.500. The van der Waals surface area contributed by atoms with Gasteiger partial charge < -0.3 is 4.84 Å². The van der Waals surface area contributed by atoms with Crippen molar-refractivity contribution in [3.63, 3.8) is 0 Å². The van der Waals surface area contributed by atoms with Crippen LogP contribution in [0.4, 0.5) is 0 Å². The van der Waals surface area contributed by atoms with Crippen LogP contribution in [0.15, 0.2) is 11.8 Å². The smallest absolute Gasteiger partial charge is 0.113 e. The van der Waals surface area contributed by atoms with Crippen LogP contribution in [-0.2, 0) is 4.84 Å². The number of nitrogens with zero attached hydrogens (tertiary/aromatic N) is 1. The number of hydroxylamine groups is 1. The number of rotatable bonds is 0. The van der Waals surface area contributed by atoms with E-state index in [0.717, 1.165) is 12.5 Å². The third-order valence-electron chi connectivity index (χ3n) is 2.37. The van der Waals surface area contributed by atoms with E-state index in [1.165, 1.54) is 31.3 Å². The Morgan fingerprint density at radius 1 is 1.50 bits per heavy atom. The predicted octanol–water partition coefficient (Wildman–Crippen LogP) is 1.61. The summed E-state index contributed by atoms with van der Waals surface area (Å²) in [6.45, 7) is 0.895. The normalized spacial score (nSPS) is 32.0. The van der Waals surface area contributed by atoms with Gasteiger partial charge in [0.25, 0.3) is 0 Å². The zero-order valence-electron chi connectivity index (χ0n) is 6.05. The molecule has 2 nitrogen and oxygen atoms in total. The molecule has 0 saturated heterocycles. The molecule has 1 atom stereocenters. The zero-order chi connectivity index (χ0) is 6.81. The molecule has 0 spiro atoms. The molecular weight excluding hydrogens is 126 g/mol. The minimum atomic E-state index is 0.725. The summed E-state index contributed by atoms with van der Waals surface area (Å²) in [6, 6.07) is 0. The lowest BCUT2D eigenvalue weighted by molar-refractivity contribution is 0.0855. The summed E-state index contributed by atoms with van der Waals surface area (Å²) in [5.74, 6) is 0.725. The minimum Gasteiger partial charge on any atom is -0.396 e. The van der Waals surface area contributed by atoms with Crippen molar-refractivity contribution >= 4 is 0 Å². The highest BCUT2D eigenvalue weighted by Gasteiger charge is 2.22. The van der Waals surface area contributed by atoms with E-state index in [1.807, 2.05) is 6.26 Å². The standard InChI is InChI=1S/C8H12NO/c1-2-4-8-6-10-9-5-7(8)3-1/h6-7H,1-5H2. The van der Waals surface area contributed by atoms with Crippen molar-refractivity contribution in [2.75, 3.05) is 6.54 Å². The highest BCUT2D eigenvalue weighted by molar-refractivity contribution is 5.08. The summed E-state index contributed by atoms with van der Waals surface area (Å²) in [4.78, 5) is 4.90. The fraction of sp³-hybridized carbons (Fsp3) is 0.750. The Morgan fingerprint density at radius 2 is 2.50 bits per heavy atom. The van der Waals surface area contributed by atoms with Gasteiger partial charge in [-0.15, -0.1) is 0 Å². The van der Waals surface area contributed by atoms with Gasteiger partial charge in [0, 0.05) is 5.92 Å². The van der Waals surface area contributed by atoms with Gasteiger partial charge in [0.15, 0.2) is 0 Å². The Bertz CT molecular complexity index is 153. The van der Waals surface area contributed by atoms with Gasteiger partial charge in [0.2, 0.25) is 0 Å². The van der Waals surface area contributed by atoms with Crippen LogP contribution in [0, 0.1) is 5.92 Å². The van der Waals surface area contributed by atoms with Crippen molar-refractivity contribution in [3.05, 3.63) is 11.8 Å². The van der Waals surface area contributed by atoms with Gasteiger partial charge in [-0.05, 0) is 30.3 Å². The first kappa shape index (κ1) is 6.23. The summed E-state index contributed by atoms with van der Waals surface area (Å²) < 4.78 is 0. The summed E-state index contributed by atoms with van der Waals surface area (Å²) >= 11 is 0. The summed E-state index contributed by atoms with van der Waals surface area (Å²) in [5.41, 5.74) is 5.37. The molecule has 1 saturated carbocycles. The fourth-order valence-electron chi connectivity index (χ4n) is 1.71. The summed E-state index contributed by atoms with van der Waals surface area (Å²) in [6.07, 6.45) is 7.11. The highest BCUT2D eigenvalue weighted by Crippen LogP contribution is 2.30. The third-order valence-corrected chi connectivity index (χ3v) is 2.37. The fourth-order valence-corrected chi connectivity index (χ4v) is 1.71. The van der Waals surface area contributed by atoms with Crippen LogP contribution in [0.3, 0.4) is 0 Å². The van der Waals surface area contributed by atoms with Crippen LogP contribution in [0.25, 0.3) is 0 Å². The van der Waals surface area contributed by atoms with Crippen LogP contribution in [-0.4, -0.2) is 6.54 Å².